The molecule has 1 saturated heterocycles. The number of carbonyl (C=O) groups excluding carboxylic acids is 3. The number of rotatable bonds is 5. The summed E-state index contributed by atoms with van der Waals surface area (Å²) >= 11 is 0. The third-order valence-corrected chi connectivity index (χ3v) is 4.54. The molecule has 5 heteroatoms. The molecule has 0 N–H and O–H groups in total. The maximum Gasteiger partial charge on any atom is 0.246 e. The topological polar surface area (TPSA) is 57.7 Å². The van der Waals surface area contributed by atoms with Crippen LogP contribution < -0.4 is 0 Å². The number of imide groups is 1. The van der Waals surface area contributed by atoms with Crippen molar-refractivity contribution >= 4 is 17.7 Å². The minimum atomic E-state index is -0.706. The fraction of sp³-hybridized carbons (Fsp3) is 0.500. The average molecular weight is 314 g/mol. The summed E-state index contributed by atoms with van der Waals surface area (Å²) in [6.45, 7) is 4.22. The molecule has 3 rings (SSSR count). The van der Waals surface area contributed by atoms with E-state index in [0.717, 1.165) is 28.9 Å². The molecule has 23 heavy (non-hydrogen) atoms. The molecule has 122 valence electrons. The summed E-state index contributed by atoms with van der Waals surface area (Å²) < 4.78 is 0. The first kappa shape index (κ1) is 15.7. The Hall–Kier alpha value is -2.17. The van der Waals surface area contributed by atoms with Crippen molar-refractivity contribution in [1.82, 2.24) is 9.80 Å². The number of carbonyl (C=O) groups is 3. The molecular formula is C18H22N2O3. The first-order valence-corrected chi connectivity index (χ1v) is 8.18. The normalized spacial score (nSPS) is 19.1. The van der Waals surface area contributed by atoms with Crippen LogP contribution in [0.1, 0.15) is 43.7 Å². The first-order chi connectivity index (χ1) is 11.0. The highest BCUT2D eigenvalue weighted by Crippen LogP contribution is 2.30. The van der Waals surface area contributed by atoms with Gasteiger partial charge in [-0.05, 0) is 32.3 Å². The van der Waals surface area contributed by atoms with Crippen LogP contribution in [0.25, 0.3) is 0 Å². The highest BCUT2D eigenvalue weighted by molar-refractivity contribution is 6.05. The molecule has 0 spiro atoms. The number of hydrogen-bond acceptors (Lipinski definition) is 3. The number of nitrogens with zero attached hydrogens (tertiary/aromatic N) is 2. The zero-order valence-electron chi connectivity index (χ0n) is 13.6. The van der Waals surface area contributed by atoms with E-state index in [4.69, 9.17) is 0 Å². The molecule has 0 radical (unpaired) electrons. The van der Waals surface area contributed by atoms with Gasteiger partial charge in [-0.2, -0.15) is 0 Å². The quantitative estimate of drug-likeness (QED) is 0.781. The summed E-state index contributed by atoms with van der Waals surface area (Å²) in [7, 11) is 0. The van der Waals surface area contributed by atoms with Crippen LogP contribution in [0.2, 0.25) is 0 Å². The largest absolute Gasteiger partial charge is 0.334 e. The molecule has 1 heterocycles. The summed E-state index contributed by atoms with van der Waals surface area (Å²) in [5.41, 5.74) is 2.24. The second-order valence-corrected chi connectivity index (χ2v) is 6.52. The Balaban J connectivity index is 1.76. The van der Waals surface area contributed by atoms with Crippen molar-refractivity contribution in [2.75, 3.05) is 0 Å². The molecule has 1 aliphatic carbocycles. The van der Waals surface area contributed by atoms with Crippen molar-refractivity contribution in [3.63, 3.8) is 0 Å². The lowest BCUT2D eigenvalue weighted by Gasteiger charge is -2.29. The molecule has 2 fully saturated rings. The van der Waals surface area contributed by atoms with Crippen LogP contribution in [0.3, 0.4) is 0 Å². The lowest BCUT2D eigenvalue weighted by molar-refractivity contribution is -0.150. The van der Waals surface area contributed by atoms with Crippen LogP contribution in [0.4, 0.5) is 0 Å². The van der Waals surface area contributed by atoms with E-state index in [1.807, 2.05) is 30.0 Å². The van der Waals surface area contributed by atoms with Gasteiger partial charge < -0.3 is 4.90 Å². The van der Waals surface area contributed by atoms with Gasteiger partial charge in [-0.15, -0.1) is 0 Å². The number of hydrogen-bond donors (Lipinski definition) is 0. The first-order valence-electron chi connectivity index (χ1n) is 8.18. The molecule has 1 saturated carbocycles. The van der Waals surface area contributed by atoms with Crippen molar-refractivity contribution in [2.24, 2.45) is 0 Å². The number of benzene rings is 1. The van der Waals surface area contributed by atoms with Crippen molar-refractivity contribution in [1.29, 1.82) is 0 Å². The minimum absolute atomic E-state index is 0.127. The van der Waals surface area contributed by atoms with E-state index in [0.29, 0.717) is 6.54 Å². The summed E-state index contributed by atoms with van der Waals surface area (Å²) in [6.07, 6.45) is 2.42. The lowest BCUT2D eigenvalue weighted by Crippen LogP contribution is -2.49. The zero-order chi connectivity index (χ0) is 16.6. The second-order valence-electron chi connectivity index (χ2n) is 6.52. The van der Waals surface area contributed by atoms with Gasteiger partial charge in [0.2, 0.25) is 17.7 Å². The van der Waals surface area contributed by atoms with Crippen molar-refractivity contribution in [3.8, 4) is 0 Å². The molecule has 0 aromatic heterocycles. The summed E-state index contributed by atoms with van der Waals surface area (Å²) in [6, 6.07) is 7.61. The average Bonchev–Trinajstić information content (AvgIpc) is 3.29. The van der Waals surface area contributed by atoms with E-state index < -0.39 is 6.04 Å². The SMILES string of the molecule is Cc1cccc(CN(C(=O)[C@@H](C)N2C(=O)CCC2=O)C2CC2)c1. The van der Waals surface area contributed by atoms with E-state index in [1.165, 1.54) is 0 Å². The van der Waals surface area contributed by atoms with Gasteiger partial charge >= 0.3 is 0 Å². The fourth-order valence-electron chi connectivity index (χ4n) is 3.16. The molecule has 2 aliphatic rings. The third-order valence-electron chi connectivity index (χ3n) is 4.54. The van der Waals surface area contributed by atoms with E-state index in [9.17, 15) is 14.4 Å². The molecule has 1 aliphatic heterocycles. The Bertz CT molecular complexity index is 635. The van der Waals surface area contributed by atoms with Crippen molar-refractivity contribution < 1.29 is 14.4 Å². The van der Waals surface area contributed by atoms with Crippen LogP contribution in [0, 0.1) is 6.92 Å². The van der Waals surface area contributed by atoms with Crippen LogP contribution in [-0.2, 0) is 20.9 Å². The van der Waals surface area contributed by atoms with E-state index in [-0.39, 0.29) is 36.6 Å². The number of likely N-dealkylation sites (tertiary alicyclic amines) is 1. The Morgan fingerprint density at radius 3 is 2.48 bits per heavy atom. The third kappa shape index (κ3) is 3.28. The van der Waals surface area contributed by atoms with E-state index in [2.05, 4.69) is 6.07 Å². The summed E-state index contributed by atoms with van der Waals surface area (Å²) in [5, 5.41) is 0. The van der Waals surface area contributed by atoms with Crippen molar-refractivity contribution in [2.45, 2.75) is 58.2 Å². The minimum Gasteiger partial charge on any atom is -0.334 e. The van der Waals surface area contributed by atoms with Gasteiger partial charge in [-0.1, -0.05) is 29.8 Å². The maximum atomic E-state index is 12.9. The number of amides is 3. The second kappa shape index (κ2) is 6.14. The molecule has 1 atom stereocenters. The van der Waals surface area contributed by atoms with Gasteiger partial charge in [0.25, 0.3) is 0 Å². The molecular weight excluding hydrogens is 292 g/mol. The molecule has 0 bridgehead atoms. The van der Waals surface area contributed by atoms with E-state index in [1.54, 1.807) is 6.92 Å². The molecule has 1 aromatic carbocycles. The highest BCUT2D eigenvalue weighted by Gasteiger charge is 2.41. The van der Waals surface area contributed by atoms with Crippen LogP contribution >= 0.6 is 0 Å². The van der Waals surface area contributed by atoms with Crippen molar-refractivity contribution in [3.05, 3.63) is 35.4 Å². The van der Waals surface area contributed by atoms with Crippen LogP contribution in [0.15, 0.2) is 24.3 Å². The zero-order valence-corrected chi connectivity index (χ0v) is 13.6. The van der Waals surface area contributed by atoms with Gasteiger partial charge in [0.15, 0.2) is 0 Å². The molecule has 0 unspecified atom stereocenters. The predicted octanol–water partition coefficient (Wildman–Crippen LogP) is 2.02. The van der Waals surface area contributed by atoms with Gasteiger partial charge in [0.05, 0.1) is 0 Å². The Labute approximate surface area is 136 Å². The standard InChI is InChI=1S/C18H22N2O3/c1-12-4-3-5-14(10-12)11-19(15-6-7-15)18(23)13(2)20-16(21)8-9-17(20)22/h3-5,10,13,15H,6-9,11H2,1-2H3/t13-/m1/s1. The smallest absolute Gasteiger partial charge is 0.246 e. The molecule has 5 nitrogen and oxygen atoms in total. The van der Waals surface area contributed by atoms with Gasteiger partial charge in [0, 0.05) is 25.4 Å². The van der Waals surface area contributed by atoms with Crippen LogP contribution in [-0.4, -0.2) is 39.6 Å². The van der Waals surface area contributed by atoms with Gasteiger partial charge in [-0.25, -0.2) is 0 Å². The predicted molar refractivity (Wildman–Crippen MR) is 85.3 cm³/mol. The van der Waals surface area contributed by atoms with Gasteiger partial charge in [-0.3, -0.25) is 19.3 Å². The van der Waals surface area contributed by atoms with E-state index >= 15 is 0 Å². The Kier molecular flexibility index (Phi) is 4.20. The molecule has 1 aromatic rings. The number of aryl methyl sites for hydroxylation is 1. The highest BCUT2D eigenvalue weighted by atomic mass is 16.2. The maximum absolute atomic E-state index is 12.9. The Morgan fingerprint density at radius 2 is 1.91 bits per heavy atom. The molecule has 3 amide bonds. The summed E-state index contributed by atoms with van der Waals surface area (Å²) in [4.78, 5) is 39.6. The van der Waals surface area contributed by atoms with Gasteiger partial charge in [0.1, 0.15) is 6.04 Å². The summed E-state index contributed by atoms with van der Waals surface area (Å²) in [5.74, 6) is -0.595. The lowest BCUT2D eigenvalue weighted by atomic mass is 10.1. The fourth-order valence-corrected chi connectivity index (χ4v) is 3.16. The Morgan fingerprint density at radius 1 is 1.26 bits per heavy atom. The monoisotopic (exact) mass is 314 g/mol. The van der Waals surface area contributed by atoms with Crippen LogP contribution in [0.5, 0.6) is 0 Å².